The third kappa shape index (κ3) is 6.04. The fourth-order valence-electron chi connectivity index (χ4n) is 1.06. The predicted octanol–water partition coefficient (Wildman–Crippen LogP) is -1.14. The van der Waals surface area contributed by atoms with Gasteiger partial charge in [-0.3, -0.25) is 4.90 Å². The second-order valence-electron chi connectivity index (χ2n) is 3.40. The maximum absolute atomic E-state index is 9.01. The van der Waals surface area contributed by atoms with E-state index < -0.39 is 0 Å². The van der Waals surface area contributed by atoms with E-state index in [-0.39, 0.29) is 25.4 Å². The van der Waals surface area contributed by atoms with Gasteiger partial charge in [0.25, 0.3) is 0 Å². The van der Waals surface area contributed by atoms with Crippen LogP contribution in [0.1, 0.15) is 13.8 Å². The van der Waals surface area contributed by atoms with Gasteiger partial charge < -0.3 is 20.1 Å². The Balaban J connectivity index is 0. The molecule has 0 aliphatic heterocycles. The molecular formula is C9H21NO4. The molecular weight excluding hydrogens is 186 g/mol. The zero-order valence-electron chi connectivity index (χ0n) is 8.94. The number of carbonyl (C=O) groups is 1. The Morgan fingerprint density at radius 3 is 1.64 bits per heavy atom. The summed E-state index contributed by atoms with van der Waals surface area (Å²) in [5.74, 6) is 0. The first-order valence-electron chi connectivity index (χ1n) is 4.45. The Morgan fingerprint density at radius 2 is 1.43 bits per heavy atom. The van der Waals surface area contributed by atoms with Crippen LogP contribution in [0, 0.1) is 0 Å². The highest BCUT2D eigenvalue weighted by Gasteiger charge is 2.24. The second-order valence-corrected chi connectivity index (χ2v) is 3.40. The van der Waals surface area contributed by atoms with Crippen molar-refractivity contribution in [1.29, 1.82) is 0 Å². The number of nitrogens with zero attached hydrogens (tertiary/aromatic N) is 1. The van der Waals surface area contributed by atoms with Gasteiger partial charge in [-0.15, -0.1) is 0 Å². The summed E-state index contributed by atoms with van der Waals surface area (Å²) >= 11 is 0. The molecule has 0 radical (unpaired) electrons. The van der Waals surface area contributed by atoms with E-state index in [2.05, 4.69) is 0 Å². The van der Waals surface area contributed by atoms with E-state index >= 15 is 0 Å². The van der Waals surface area contributed by atoms with Gasteiger partial charge in [0.1, 0.15) is 6.79 Å². The average Bonchev–Trinajstić information content (AvgIpc) is 2.20. The Labute approximate surface area is 85.0 Å². The molecule has 0 spiro atoms. The number of hydrogen-bond acceptors (Lipinski definition) is 5. The molecule has 3 N–H and O–H groups in total. The van der Waals surface area contributed by atoms with Crippen LogP contribution in [-0.4, -0.2) is 65.5 Å². The number of rotatable bonds is 6. The molecule has 5 nitrogen and oxygen atoms in total. The molecule has 0 rings (SSSR count). The Kier molecular flexibility index (Phi) is 10.4. The van der Waals surface area contributed by atoms with Gasteiger partial charge >= 0.3 is 0 Å². The summed E-state index contributed by atoms with van der Waals surface area (Å²) in [6.45, 7) is 6.82. The minimum Gasteiger partial charge on any atom is -0.395 e. The van der Waals surface area contributed by atoms with Gasteiger partial charge in [0.15, 0.2) is 0 Å². The SMILES string of the molecule is C=O.CC(C)(CO)N(CCO)CCO. The standard InChI is InChI=1S/C8H19NO3.CH2O/c1-8(2,7-12)9(3-5-10)4-6-11;1-2/h10-12H,3-7H2,1-2H3;1H2. The summed E-state index contributed by atoms with van der Waals surface area (Å²) in [5, 5.41) is 26.4. The lowest BCUT2D eigenvalue weighted by Crippen LogP contribution is -2.49. The van der Waals surface area contributed by atoms with E-state index in [1.807, 2.05) is 25.5 Å². The van der Waals surface area contributed by atoms with Crippen LogP contribution in [0.4, 0.5) is 0 Å². The zero-order chi connectivity index (χ0) is 11.6. The fraction of sp³-hybridized carbons (Fsp3) is 0.889. The Bertz CT molecular complexity index is 124. The van der Waals surface area contributed by atoms with Gasteiger partial charge in [0.05, 0.1) is 19.8 Å². The van der Waals surface area contributed by atoms with Crippen molar-refractivity contribution in [3.05, 3.63) is 0 Å². The molecule has 0 aliphatic carbocycles. The van der Waals surface area contributed by atoms with E-state index in [4.69, 9.17) is 20.1 Å². The summed E-state index contributed by atoms with van der Waals surface area (Å²) in [5.41, 5.74) is -0.370. The molecule has 0 atom stereocenters. The quantitative estimate of drug-likeness (QED) is 0.513. The highest BCUT2D eigenvalue weighted by Crippen LogP contribution is 2.11. The minimum atomic E-state index is -0.370. The van der Waals surface area contributed by atoms with Gasteiger partial charge in [0.2, 0.25) is 0 Å². The summed E-state index contributed by atoms with van der Waals surface area (Å²) < 4.78 is 0. The number of carbonyl (C=O) groups excluding carboxylic acids is 1. The van der Waals surface area contributed by atoms with Crippen LogP contribution < -0.4 is 0 Å². The molecule has 0 saturated heterocycles. The molecule has 0 bridgehead atoms. The molecule has 0 amide bonds. The van der Waals surface area contributed by atoms with E-state index in [0.717, 1.165) is 0 Å². The topological polar surface area (TPSA) is 81.0 Å². The molecule has 5 heteroatoms. The van der Waals surface area contributed by atoms with E-state index in [1.165, 1.54) is 0 Å². The highest BCUT2D eigenvalue weighted by molar-refractivity contribution is 5.10. The van der Waals surface area contributed by atoms with Crippen LogP contribution in [0.15, 0.2) is 0 Å². The van der Waals surface area contributed by atoms with Crippen LogP contribution in [0.2, 0.25) is 0 Å². The normalized spacial score (nSPS) is 11.0. The maximum atomic E-state index is 9.01. The molecule has 0 unspecified atom stereocenters. The molecule has 0 heterocycles. The third-order valence-corrected chi connectivity index (χ3v) is 1.98. The zero-order valence-corrected chi connectivity index (χ0v) is 8.94. The summed E-state index contributed by atoms with van der Waals surface area (Å²) in [4.78, 5) is 9.85. The van der Waals surface area contributed by atoms with Gasteiger partial charge in [-0.2, -0.15) is 0 Å². The van der Waals surface area contributed by atoms with E-state index in [9.17, 15) is 0 Å². The molecule has 0 aromatic rings. The monoisotopic (exact) mass is 207 g/mol. The van der Waals surface area contributed by atoms with Crippen molar-refractivity contribution in [2.45, 2.75) is 19.4 Å². The van der Waals surface area contributed by atoms with Crippen LogP contribution in [0.3, 0.4) is 0 Å². The van der Waals surface area contributed by atoms with Crippen molar-refractivity contribution in [2.24, 2.45) is 0 Å². The number of aliphatic hydroxyl groups excluding tert-OH is 3. The lowest BCUT2D eigenvalue weighted by Gasteiger charge is -2.36. The fourth-order valence-corrected chi connectivity index (χ4v) is 1.06. The molecule has 86 valence electrons. The van der Waals surface area contributed by atoms with Crippen molar-refractivity contribution >= 4 is 6.79 Å². The minimum absolute atomic E-state index is 0.0208. The summed E-state index contributed by atoms with van der Waals surface area (Å²) in [6.07, 6.45) is 0. The third-order valence-electron chi connectivity index (χ3n) is 1.98. The van der Waals surface area contributed by atoms with Crippen molar-refractivity contribution in [3.8, 4) is 0 Å². The van der Waals surface area contributed by atoms with E-state index in [1.54, 1.807) is 0 Å². The lowest BCUT2D eigenvalue weighted by molar-refractivity contribution is -0.0979. The smallest absolute Gasteiger partial charge is 0.106 e. The summed E-state index contributed by atoms with van der Waals surface area (Å²) in [7, 11) is 0. The number of aliphatic hydroxyl groups is 3. The molecule has 0 aromatic carbocycles. The Hall–Kier alpha value is -0.490. The first kappa shape index (κ1) is 16.0. The molecule has 0 aliphatic rings. The van der Waals surface area contributed by atoms with Crippen molar-refractivity contribution in [2.75, 3.05) is 32.9 Å². The summed E-state index contributed by atoms with van der Waals surface area (Å²) in [6, 6.07) is 0. The van der Waals surface area contributed by atoms with Crippen molar-refractivity contribution in [3.63, 3.8) is 0 Å². The van der Waals surface area contributed by atoms with Gasteiger partial charge in [-0.05, 0) is 13.8 Å². The molecule has 14 heavy (non-hydrogen) atoms. The van der Waals surface area contributed by atoms with Crippen molar-refractivity contribution in [1.82, 2.24) is 4.90 Å². The van der Waals surface area contributed by atoms with Crippen LogP contribution in [0.5, 0.6) is 0 Å². The number of hydrogen-bond donors (Lipinski definition) is 3. The van der Waals surface area contributed by atoms with Crippen LogP contribution >= 0.6 is 0 Å². The number of β-amino-alcohol motifs (C(OH)–C–C–N with tert-alkyl or cyclic N) is 2. The average molecular weight is 207 g/mol. The Morgan fingerprint density at radius 1 is 1.07 bits per heavy atom. The lowest BCUT2D eigenvalue weighted by atomic mass is 10.0. The molecule has 0 fully saturated rings. The van der Waals surface area contributed by atoms with Gasteiger partial charge in [-0.25, -0.2) is 0 Å². The highest BCUT2D eigenvalue weighted by atomic mass is 16.3. The van der Waals surface area contributed by atoms with Crippen molar-refractivity contribution < 1.29 is 20.1 Å². The first-order chi connectivity index (χ1) is 6.58. The molecule has 0 saturated carbocycles. The van der Waals surface area contributed by atoms with Crippen LogP contribution in [0.25, 0.3) is 0 Å². The molecule has 0 aromatic heterocycles. The first-order valence-corrected chi connectivity index (χ1v) is 4.45. The maximum Gasteiger partial charge on any atom is 0.106 e. The van der Waals surface area contributed by atoms with Crippen LogP contribution in [-0.2, 0) is 4.79 Å². The predicted molar refractivity (Wildman–Crippen MR) is 54.0 cm³/mol. The second kappa shape index (κ2) is 9.08. The van der Waals surface area contributed by atoms with Gasteiger partial charge in [-0.1, -0.05) is 0 Å². The van der Waals surface area contributed by atoms with E-state index in [0.29, 0.717) is 13.1 Å². The van der Waals surface area contributed by atoms with Gasteiger partial charge in [0, 0.05) is 18.6 Å². The largest absolute Gasteiger partial charge is 0.395 e.